The summed E-state index contributed by atoms with van der Waals surface area (Å²) in [5.74, 6) is 1.16. The van der Waals surface area contributed by atoms with Gasteiger partial charge in [-0.25, -0.2) is 10.2 Å². The summed E-state index contributed by atoms with van der Waals surface area (Å²) in [6.45, 7) is 2.21. The first kappa shape index (κ1) is 14.6. The minimum Gasteiger partial charge on any atom is -0.350 e. The third kappa shape index (κ3) is 6.30. The van der Waals surface area contributed by atoms with Crippen molar-refractivity contribution in [2.75, 3.05) is 5.75 Å². The fourth-order valence-corrected chi connectivity index (χ4v) is 2.28. The number of hydrogen-bond donors (Lipinski definition) is 2. The van der Waals surface area contributed by atoms with Crippen LogP contribution in [-0.2, 0) is 0 Å². The van der Waals surface area contributed by atoms with Crippen LogP contribution < -0.4 is 11.2 Å². The third-order valence-corrected chi connectivity index (χ3v) is 3.38. The van der Waals surface area contributed by atoms with E-state index in [1.165, 1.54) is 24.2 Å². The molecule has 1 aromatic carbocycles. The van der Waals surface area contributed by atoms with Crippen LogP contribution in [0.5, 0.6) is 0 Å². The van der Waals surface area contributed by atoms with E-state index in [0.29, 0.717) is 0 Å². The van der Waals surface area contributed by atoms with Gasteiger partial charge in [0.25, 0.3) is 0 Å². The summed E-state index contributed by atoms with van der Waals surface area (Å²) in [6, 6.07) is 7.39. The fourth-order valence-electron chi connectivity index (χ4n) is 1.36. The highest BCUT2D eigenvalue weighted by atomic mass is 32.2. The largest absolute Gasteiger partial charge is 0.350 e. The van der Waals surface area contributed by atoms with Gasteiger partial charge in [0.15, 0.2) is 0 Å². The van der Waals surface area contributed by atoms with E-state index in [2.05, 4.69) is 29.6 Å². The zero-order valence-corrected chi connectivity index (χ0v) is 11.4. The maximum Gasteiger partial charge on any atom is 0.332 e. The predicted molar refractivity (Wildman–Crippen MR) is 77.0 cm³/mol. The van der Waals surface area contributed by atoms with E-state index in [1.54, 1.807) is 6.21 Å². The molecule has 0 aromatic heterocycles. The highest BCUT2D eigenvalue weighted by Gasteiger charge is 1.94. The molecular formula is C13H19N3OS. The van der Waals surface area contributed by atoms with Gasteiger partial charge in [0.1, 0.15) is 0 Å². The van der Waals surface area contributed by atoms with Crippen LogP contribution in [0.25, 0.3) is 0 Å². The number of nitrogens with one attached hydrogen (secondary N) is 1. The number of carbonyl (C=O) groups is 1. The lowest BCUT2D eigenvalue weighted by Gasteiger charge is -2.01. The van der Waals surface area contributed by atoms with Crippen molar-refractivity contribution in [1.29, 1.82) is 0 Å². The number of amides is 2. The van der Waals surface area contributed by atoms with Gasteiger partial charge in [-0.3, -0.25) is 0 Å². The van der Waals surface area contributed by atoms with Crippen molar-refractivity contribution in [2.45, 2.75) is 31.1 Å². The molecule has 0 saturated heterocycles. The van der Waals surface area contributed by atoms with E-state index in [-0.39, 0.29) is 0 Å². The molecule has 0 aliphatic rings. The maximum absolute atomic E-state index is 10.4. The van der Waals surface area contributed by atoms with Crippen LogP contribution in [0.15, 0.2) is 34.3 Å². The van der Waals surface area contributed by atoms with E-state index in [9.17, 15) is 4.79 Å². The SMILES string of the molecule is CCCCCSc1ccc(C=NNC(N)=O)cc1. The second kappa shape index (κ2) is 8.58. The topological polar surface area (TPSA) is 67.5 Å². The van der Waals surface area contributed by atoms with Gasteiger partial charge in [-0.2, -0.15) is 5.10 Å². The summed E-state index contributed by atoms with van der Waals surface area (Å²) in [5, 5.41) is 3.70. The van der Waals surface area contributed by atoms with Crippen LogP contribution in [0, 0.1) is 0 Å². The molecule has 4 nitrogen and oxygen atoms in total. The Labute approximate surface area is 112 Å². The van der Waals surface area contributed by atoms with Gasteiger partial charge in [-0.05, 0) is 29.9 Å². The van der Waals surface area contributed by atoms with Gasteiger partial charge in [0, 0.05) is 4.90 Å². The summed E-state index contributed by atoms with van der Waals surface area (Å²) in [5.41, 5.74) is 7.99. The quantitative estimate of drug-likeness (QED) is 0.344. The van der Waals surface area contributed by atoms with Gasteiger partial charge >= 0.3 is 6.03 Å². The van der Waals surface area contributed by atoms with Crippen LogP contribution >= 0.6 is 11.8 Å². The van der Waals surface area contributed by atoms with Crippen molar-refractivity contribution in [3.63, 3.8) is 0 Å². The molecule has 0 saturated carbocycles. The number of hydrogen-bond acceptors (Lipinski definition) is 3. The summed E-state index contributed by atoms with van der Waals surface area (Å²) in [4.78, 5) is 11.7. The second-order valence-electron chi connectivity index (χ2n) is 3.86. The smallest absolute Gasteiger partial charge is 0.332 e. The molecule has 1 rings (SSSR count). The molecule has 0 bridgehead atoms. The minimum atomic E-state index is -0.658. The Balaban J connectivity index is 2.37. The van der Waals surface area contributed by atoms with E-state index < -0.39 is 6.03 Å². The van der Waals surface area contributed by atoms with Crippen LogP contribution in [-0.4, -0.2) is 18.0 Å². The zero-order chi connectivity index (χ0) is 13.2. The number of carbonyl (C=O) groups excluding carboxylic acids is 1. The van der Waals surface area contributed by atoms with Crippen molar-refractivity contribution in [3.05, 3.63) is 29.8 Å². The minimum absolute atomic E-state index is 0.658. The molecule has 2 amide bonds. The number of nitrogens with zero attached hydrogens (tertiary/aromatic N) is 1. The molecule has 5 heteroatoms. The summed E-state index contributed by atoms with van der Waals surface area (Å²) >= 11 is 1.86. The number of hydrazone groups is 1. The number of unbranched alkanes of at least 4 members (excludes halogenated alkanes) is 2. The molecule has 0 atom stereocenters. The van der Waals surface area contributed by atoms with Crippen molar-refractivity contribution >= 4 is 24.0 Å². The van der Waals surface area contributed by atoms with Gasteiger partial charge in [-0.1, -0.05) is 31.9 Å². The normalized spacial score (nSPS) is 10.7. The molecule has 3 N–H and O–H groups in total. The van der Waals surface area contributed by atoms with E-state index in [0.717, 1.165) is 11.3 Å². The van der Waals surface area contributed by atoms with Crippen LogP contribution in [0.1, 0.15) is 31.7 Å². The lowest BCUT2D eigenvalue weighted by molar-refractivity contribution is 0.249. The number of benzene rings is 1. The summed E-state index contributed by atoms with van der Waals surface area (Å²) in [7, 11) is 0. The molecule has 0 unspecified atom stereocenters. The summed E-state index contributed by atoms with van der Waals surface area (Å²) in [6.07, 6.45) is 5.36. The van der Waals surface area contributed by atoms with Crippen LogP contribution in [0.4, 0.5) is 4.79 Å². The Morgan fingerprint density at radius 3 is 2.72 bits per heavy atom. The molecule has 0 radical (unpaired) electrons. The van der Waals surface area contributed by atoms with E-state index in [4.69, 9.17) is 5.73 Å². The number of urea groups is 1. The van der Waals surface area contributed by atoms with Crippen molar-refractivity contribution < 1.29 is 4.79 Å². The molecule has 1 aromatic rings. The van der Waals surface area contributed by atoms with Gasteiger partial charge in [0.2, 0.25) is 0 Å². The highest BCUT2D eigenvalue weighted by molar-refractivity contribution is 7.99. The van der Waals surface area contributed by atoms with Crippen LogP contribution in [0.3, 0.4) is 0 Å². The second-order valence-corrected chi connectivity index (χ2v) is 5.03. The number of thioether (sulfide) groups is 1. The Morgan fingerprint density at radius 1 is 1.39 bits per heavy atom. The average Bonchev–Trinajstić information content (AvgIpc) is 2.36. The molecular weight excluding hydrogens is 246 g/mol. The van der Waals surface area contributed by atoms with Crippen molar-refractivity contribution in [2.24, 2.45) is 10.8 Å². The number of nitrogens with two attached hydrogens (primary N) is 1. The molecule has 0 spiro atoms. The van der Waals surface area contributed by atoms with Gasteiger partial charge < -0.3 is 5.73 Å². The number of rotatable bonds is 7. The zero-order valence-electron chi connectivity index (χ0n) is 10.6. The van der Waals surface area contributed by atoms with Gasteiger partial charge in [-0.15, -0.1) is 11.8 Å². The Morgan fingerprint density at radius 2 is 2.11 bits per heavy atom. The maximum atomic E-state index is 10.4. The van der Waals surface area contributed by atoms with Crippen molar-refractivity contribution in [1.82, 2.24) is 5.43 Å². The fraction of sp³-hybridized carbons (Fsp3) is 0.385. The van der Waals surface area contributed by atoms with Gasteiger partial charge in [0.05, 0.1) is 6.21 Å². The molecule has 0 aliphatic carbocycles. The molecule has 98 valence electrons. The molecule has 0 heterocycles. The first-order valence-electron chi connectivity index (χ1n) is 6.03. The predicted octanol–water partition coefficient (Wildman–Crippen LogP) is 2.97. The van der Waals surface area contributed by atoms with Crippen LogP contribution in [0.2, 0.25) is 0 Å². The lowest BCUT2D eigenvalue weighted by Crippen LogP contribution is -2.24. The molecule has 18 heavy (non-hydrogen) atoms. The Bertz CT molecular complexity index is 390. The molecule has 0 aliphatic heterocycles. The third-order valence-electron chi connectivity index (χ3n) is 2.29. The molecule has 0 fully saturated rings. The summed E-state index contributed by atoms with van der Waals surface area (Å²) < 4.78 is 0. The Hall–Kier alpha value is -1.49. The van der Waals surface area contributed by atoms with E-state index >= 15 is 0 Å². The lowest BCUT2D eigenvalue weighted by atomic mass is 10.2. The Kier molecular flexibility index (Phi) is 6.94. The highest BCUT2D eigenvalue weighted by Crippen LogP contribution is 2.19. The first-order chi connectivity index (χ1) is 8.72. The monoisotopic (exact) mass is 265 g/mol. The van der Waals surface area contributed by atoms with Crippen molar-refractivity contribution in [3.8, 4) is 0 Å². The number of primary amides is 1. The first-order valence-corrected chi connectivity index (χ1v) is 7.02. The standard InChI is InChI=1S/C13H19N3OS/c1-2-3-4-9-18-12-7-5-11(6-8-12)10-15-16-13(14)17/h5-8,10H,2-4,9H2,1H3,(H3,14,16,17). The van der Waals surface area contributed by atoms with E-state index in [1.807, 2.05) is 23.9 Å². The average molecular weight is 265 g/mol.